The fraction of sp³-hybridized carbons (Fsp3) is 0.980. The Hall–Kier alpha value is -0.890. The quantitative estimate of drug-likeness (QED) is 0.0455. The second kappa shape index (κ2) is 103. The molecular formula is C50H121NO10. The van der Waals surface area contributed by atoms with Crippen LogP contribution in [0.4, 0.5) is 0 Å². The molecule has 0 bridgehead atoms. The van der Waals surface area contributed by atoms with E-state index in [4.69, 9.17) is 39.7 Å². The minimum absolute atomic E-state index is 0.142. The van der Waals surface area contributed by atoms with E-state index in [9.17, 15) is 4.79 Å². The molecule has 6 N–H and O–H groups in total. The summed E-state index contributed by atoms with van der Waals surface area (Å²) >= 11 is 0. The van der Waals surface area contributed by atoms with Crippen LogP contribution in [-0.4, -0.2) is 97.7 Å². The monoisotopic (exact) mass is 896 g/mol. The lowest BCUT2D eigenvalue weighted by Crippen LogP contribution is -2.24. The molecule has 61 heavy (non-hydrogen) atoms. The second-order valence-electron chi connectivity index (χ2n) is 13.9. The maximum Gasteiger partial charge on any atom is 0.219 e. The molecule has 0 aromatic carbocycles. The first kappa shape index (κ1) is 87.1. The van der Waals surface area contributed by atoms with Gasteiger partial charge in [-0.05, 0) is 69.6 Å². The van der Waals surface area contributed by atoms with Crippen molar-refractivity contribution in [1.29, 1.82) is 0 Å². The van der Waals surface area contributed by atoms with Gasteiger partial charge in [0.15, 0.2) is 0 Å². The van der Waals surface area contributed by atoms with Gasteiger partial charge >= 0.3 is 0 Å². The molecule has 0 aliphatic rings. The summed E-state index contributed by atoms with van der Waals surface area (Å²) in [4.78, 5) is 10.7. The Balaban J connectivity index is -0.0000000521. The molecule has 0 aromatic heterocycles. The predicted molar refractivity (Wildman–Crippen MR) is 270 cm³/mol. The molecule has 0 saturated carbocycles. The van der Waals surface area contributed by atoms with E-state index in [2.05, 4.69) is 114 Å². The van der Waals surface area contributed by atoms with Crippen molar-refractivity contribution in [1.82, 2.24) is 5.32 Å². The molecule has 0 unspecified atom stereocenters. The number of hydrogen-bond acceptors (Lipinski definition) is 10. The standard InChI is InChI=1S/C9H20O2.C7H15NO.C7H16O2.C6H14O2.C4H10O2.5C3H8.C2H6O/c1-4-9(5-2,6-3)7-11-8-10;1-3-5-7(9)8-6-4-2;1-3-7(4-2)5-9-6-8;1-3-6(4-2)8-5-7;1-2-3-6-4-5;5*1-3-2;1-2-3/h10H,4-8H2,1-3H3;3-6H2,1-2H3,(H,8,9);7-8H,3-6H2,1-2H3;6-7H,3-5H2,1-2H3;5H,2-4H2,1H3;5*3H2,1-2H3;3H,2H2,1H3. The van der Waals surface area contributed by atoms with Crippen LogP contribution in [-0.2, 0) is 23.7 Å². The average Bonchev–Trinajstić information content (AvgIpc) is 3.25. The summed E-state index contributed by atoms with van der Waals surface area (Å²) < 4.78 is 19.3. The van der Waals surface area contributed by atoms with Crippen LogP contribution < -0.4 is 5.32 Å². The Morgan fingerprint density at radius 1 is 0.492 bits per heavy atom. The highest BCUT2D eigenvalue weighted by Gasteiger charge is 2.23. The summed E-state index contributed by atoms with van der Waals surface area (Å²) in [5, 5.41) is 43.4. The van der Waals surface area contributed by atoms with Crippen LogP contribution in [0, 0.1) is 11.3 Å². The van der Waals surface area contributed by atoms with E-state index >= 15 is 0 Å². The van der Waals surface area contributed by atoms with Crippen LogP contribution in [0.3, 0.4) is 0 Å². The first-order valence-electron chi connectivity index (χ1n) is 24.8. The molecule has 1 amide bonds. The summed E-state index contributed by atoms with van der Waals surface area (Å²) in [5.74, 6) is 0.802. The first-order valence-corrected chi connectivity index (χ1v) is 24.8. The Bertz CT molecular complexity index is 537. The molecule has 386 valence electrons. The van der Waals surface area contributed by atoms with Gasteiger partial charge in [0.05, 0.1) is 19.3 Å². The SMILES string of the molecule is CCC.CCC.CCC.CCC.CCC.CCC(CC)(CC)COCO.CCC(CC)COCO.CCC(CC)OCO.CCCNC(=O)CCC.CCCOCO.CCO. The van der Waals surface area contributed by atoms with Crippen LogP contribution in [0.1, 0.15) is 248 Å². The van der Waals surface area contributed by atoms with Crippen molar-refractivity contribution in [2.75, 3.05) is 60.1 Å². The van der Waals surface area contributed by atoms with E-state index in [0.29, 0.717) is 37.6 Å². The number of aliphatic hydroxyl groups is 5. The molecule has 0 spiro atoms. The third-order valence-corrected chi connectivity index (χ3v) is 7.06. The topological polar surface area (TPSA) is 167 Å². The third-order valence-electron chi connectivity index (χ3n) is 7.06. The van der Waals surface area contributed by atoms with Gasteiger partial charge in [0.1, 0.15) is 27.2 Å². The van der Waals surface area contributed by atoms with Gasteiger partial charge in [0.2, 0.25) is 5.91 Å². The van der Waals surface area contributed by atoms with Gasteiger partial charge in [-0.2, -0.15) is 0 Å². The molecule has 0 fully saturated rings. The van der Waals surface area contributed by atoms with E-state index < -0.39 is 0 Å². The second-order valence-corrected chi connectivity index (χ2v) is 13.9. The number of ether oxygens (including phenoxy) is 4. The highest BCUT2D eigenvalue weighted by molar-refractivity contribution is 5.75. The van der Waals surface area contributed by atoms with Gasteiger partial charge in [-0.25, -0.2) is 0 Å². The molecule has 11 heteroatoms. The van der Waals surface area contributed by atoms with Gasteiger partial charge < -0.3 is 49.8 Å². The molecule has 0 heterocycles. The number of nitrogens with one attached hydrogen (secondary N) is 1. The Morgan fingerprint density at radius 3 is 1.05 bits per heavy atom. The highest BCUT2D eigenvalue weighted by atomic mass is 16.6. The largest absolute Gasteiger partial charge is 0.397 e. The summed E-state index contributed by atoms with van der Waals surface area (Å²) in [6.07, 6.45) is 17.7. The summed E-state index contributed by atoms with van der Waals surface area (Å²) in [6.45, 7) is 46.4. The first-order chi connectivity index (χ1) is 29.1. The molecule has 0 aromatic rings. The number of carbonyl (C=O) groups is 1. The maximum atomic E-state index is 10.7. The summed E-state index contributed by atoms with van der Waals surface area (Å²) in [6, 6.07) is 0. The smallest absolute Gasteiger partial charge is 0.219 e. The predicted octanol–water partition coefficient (Wildman–Crippen LogP) is 13.5. The van der Waals surface area contributed by atoms with Crippen molar-refractivity contribution in [3.05, 3.63) is 0 Å². The van der Waals surface area contributed by atoms with Crippen LogP contribution in [0.2, 0.25) is 0 Å². The van der Waals surface area contributed by atoms with E-state index in [1.165, 1.54) is 32.1 Å². The molecule has 0 atom stereocenters. The zero-order valence-electron chi connectivity index (χ0n) is 45.6. The highest BCUT2D eigenvalue weighted by Crippen LogP contribution is 2.30. The zero-order chi connectivity index (χ0) is 50.4. The van der Waals surface area contributed by atoms with Crippen LogP contribution in [0.25, 0.3) is 0 Å². The van der Waals surface area contributed by atoms with Gasteiger partial charge in [0, 0.05) is 26.2 Å². The Labute approximate surface area is 385 Å². The van der Waals surface area contributed by atoms with Crippen molar-refractivity contribution >= 4 is 5.91 Å². The lowest BCUT2D eigenvalue weighted by molar-refractivity contribution is -0.121. The van der Waals surface area contributed by atoms with Crippen LogP contribution >= 0.6 is 0 Å². The summed E-state index contributed by atoms with van der Waals surface area (Å²) in [5.41, 5.74) is 0.294. The number of aliphatic hydroxyl groups excluding tert-OH is 5. The van der Waals surface area contributed by atoms with Gasteiger partial charge in [-0.1, -0.05) is 183 Å². The van der Waals surface area contributed by atoms with Crippen LogP contribution in [0.15, 0.2) is 0 Å². The Morgan fingerprint density at radius 2 is 0.852 bits per heavy atom. The average molecular weight is 897 g/mol. The minimum Gasteiger partial charge on any atom is -0.397 e. The molecule has 0 aliphatic heterocycles. The zero-order valence-corrected chi connectivity index (χ0v) is 45.6. The lowest BCUT2D eigenvalue weighted by atomic mass is 9.81. The lowest BCUT2D eigenvalue weighted by Gasteiger charge is -2.29. The van der Waals surface area contributed by atoms with E-state index in [-0.39, 0.29) is 45.8 Å². The normalized spacial score (nSPS) is 9.11. The number of carbonyl (C=O) groups excluding carboxylic acids is 1. The maximum absolute atomic E-state index is 10.7. The van der Waals surface area contributed by atoms with Gasteiger partial charge in [-0.15, -0.1) is 0 Å². The molecule has 0 radical (unpaired) electrons. The fourth-order valence-corrected chi connectivity index (χ4v) is 3.48. The van der Waals surface area contributed by atoms with E-state index in [1.54, 1.807) is 6.92 Å². The molecular weight excluding hydrogens is 775 g/mol. The Kier molecular flexibility index (Phi) is 146. The van der Waals surface area contributed by atoms with Crippen molar-refractivity contribution < 1.29 is 49.3 Å². The molecule has 0 rings (SSSR count). The van der Waals surface area contributed by atoms with E-state index in [0.717, 1.165) is 70.8 Å². The number of hydrogen-bond donors (Lipinski definition) is 6. The van der Waals surface area contributed by atoms with Crippen molar-refractivity contribution in [2.24, 2.45) is 11.3 Å². The molecule has 0 aliphatic carbocycles. The fourth-order valence-electron chi connectivity index (χ4n) is 3.48. The third kappa shape index (κ3) is 133. The van der Waals surface area contributed by atoms with Crippen molar-refractivity contribution in [2.45, 2.75) is 254 Å². The van der Waals surface area contributed by atoms with Crippen molar-refractivity contribution in [3.8, 4) is 0 Å². The van der Waals surface area contributed by atoms with Crippen molar-refractivity contribution in [3.63, 3.8) is 0 Å². The number of amides is 1. The van der Waals surface area contributed by atoms with E-state index in [1.807, 2.05) is 34.6 Å². The van der Waals surface area contributed by atoms with Gasteiger partial charge in [0.25, 0.3) is 0 Å². The molecule has 11 nitrogen and oxygen atoms in total. The minimum atomic E-state index is -0.151. The van der Waals surface area contributed by atoms with Gasteiger partial charge in [-0.3, -0.25) is 4.79 Å². The number of rotatable bonds is 22. The van der Waals surface area contributed by atoms with Crippen LogP contribution in [0.5, 0.6) is 0 Å². The summed E-state index contributed by atoms with van der Waals surface area (Å²) in [7, 11) is 0. The molecule has 0 saturated heterocycles.